The van der Waals surface area contributed by atoms with Crippen LogP contribution in [-0.2, 0) is 11.3 Å². The lowest BCUT2D eigenvalue weighted by Crippen LogP contribution is -2.49. The first-order valence-electron chi connectivity index (χ1n) is 8.24. The van der Waals surface area contributed by atoms with Crippen molar-refractivity contribution < 1.29 is 14.7 Å². The fraction of sp³-hybridized carbons (Fsp3) is 0.412. The van der Waals surface area contributed by atoms with Crippen molar-refractivity contribution in [3.8, 4) is 5.69 Å². The van der Waals surface area contributed by atoms with Crippen LogP contribution in [0.3, 0.4) is 0 Å². The Morgan fingerprint density at radius 3 is 2.76 bits per heavy atom. The number of carboxylic acids is 1. The molecule has 0 aliphatic carbocycles. The maximum atomic E-state index is 12.4. The van der Waals surface area contributed by atoms with Gasteiger partial charge in [0.05, 0.1) is 18.2 Å². The van der Waals surface area contributed by atoms with E-state index in [4.69, 9.17) is 0 Å². The number of hydrogen-bond acceptors (Lipinski definition) is 4. The summed E-state index contributed by atoms with van der Waals surface area (Å²) in [5.41, 5.74) is 0.863. The van der Waals surface area contributed by atoms with Crippen LogP contribution >= 0.6 is 0 Å². The molecule has 1 saturated heterocycles. The number of carbonyl (C=O) groups is 2. The molecule has 2 heterocycles. The van der Waals surface area contributed by atoms with Crippen LogP contribution in [0.2, 0.25) is 0 Å². The van der Waals surface area contributed by atoms with Crippen LogP contribution in [0.5, 0.6) is 0 Å². The van der Waals surface area contributed by atoms with E-state index in [9.17, 15) is 14.7 Å². The summed E-state index contributed by atoms with van der Waals surface area (Å²) in [5, 5.41) is 16.2. The Balaban J connectivity index is 1.63. The number of carbonyl (C=O) groups excluding carboxylic acids is 1. The lowest BCUT2D eigenvalue weighted by atomic mass is 9.91. The second-order valence-corrected chi connectivity index (χ2v) is 6.36. The minimum Gasteiger partial charge on any atom is -0.481 e. The fourth-order valence-corrected chi connectivity index (χ4v) is 3.13. The lowest BCUT2D eigenvalue weighted by Gasteiger charge is -2.34. The van der Waals surface area contributed by atoms with E-state index in [1.165, 1.54) is 6.33 Å². The molecule has 2 unspecified atom stereocenters. The highest BCUT2D eigenvalue weighted by Gasteiger charge is 2.31. The van der Waals surface area contributed by atoms with Gasteiger partial charge >= 0.3 is 12.0 Å². The van der Waals surface area contributed by atoms with Gasteiger partial charge in [0.15, 0.2) is 5.82 Å². The number of urea groups is 1. The van der Waals surface area contributed by atoms with Gasteiger partial charge in [-0.2, -0.15) is 5.10 Å². The number of hydrogen-bond donors (Lipinski definition) is 2. The van der Waals surface area contributed by atoms with Gasteiger partial charge in [0.1, 0.15) is 6.33 Å². The van der Waals surface area contributed by atoms with Crippen molar-refractivity contribution in [2.24, 2.45) is 11.8 Å². The van der Waals surface area contributed by atoms with E-state index < -0.39 is 11.9 Å². The SMILES string of the molecule is CC1CC(C(=O)O)CN(C(=O)NCc2ncnn2-c2ccccc2)C1. The first kappa shape index (κ1) is 16.9. The number of carboxylic acid groups (broad SMARTS) is 1. The van der Waals surface area contributed by atoms with Crippen LogP contribution in [0.4, 0.5) is 4.79 Å². The zero-order chi connectivity index (χ0) is 17.8. The largest absolute Gasteiger partial charge is 0.481 e. The zero-order valence-corrected chi connectivity index (χ0v) is 14.0. The molecule has 0 bridgehead atoms. The van der Waals surface area contributed by atoms with E-state index in [0.29, 0.717) is 18.8 Å². The molecule has 2 atom stereocenters. The average Bonchev–Trinajstić information content (AvgIpc) is 3.08. The fourth-order valence-electron chi connectivity index (χ4n) is 3.13. The monoisotopic (exact) mass is 343 g/mol. The van der Waals surface area contributed by atoms with Crippen LogP contribution in [0.1, 0.15) is 19.2 Å². The highest BCUT2D eigenvalue weighted by molar-refractivity contribution is 5.76. The molecule has 2 N–H and O–H groups in total. The quantitative estimate of drug-likeness (QED) is 0.877. The number of para-hydroxylation sites is 1. The molecule has 8 heteroatoms. The van der Waals surface area contributed by atoms with E-state index in [1.807, 2.05) is 37.3 Å². The molecule has 3 rings (SSSR count). The summed E-state index contributed by atoms with van der Waals surface area (Å²) >= 11 is 0. The molecule has 0 radical (unpaired) electrons. The van der Waals surface area contributed by atoms with Crippen molar-refractivity contribution in [3.63, 3.8) is 0 Å². The molecule has 0 spiro atoms. The van der Waals surface area contributed by atoms with Crippen LogP contribution < -0.4 is 5.32 Å². The minimum absolute atomic E-state index is 0.161. The van der Waals surface area contributed by atoms with Gasteiger partial charge in [-0.3, -0.25) is 4.79 Å². The number of benzene rings is 1. The van der Waals surface area contributed by atoms with Gasteiger partial charge in [-0.15, -0.1) is 0 Å². The molecule has 2 aromatic rings. The van der Waals surface area contributed by atoms with Crippen LogP contribution in [0.25, 0.3) is 5.69 Å². The van der Waals surface area contributed by atoms with Gasteiger partial charge < -0.3 is 15.3 Å². The standard InChI is InChI=1S/C17H21N5O3/c1-12-7-13(16(23)24)10-21(9-12)17(25)18-8-15-19-11-20-22(15)14-5-3-2-4-6-14/h2-6,11-13H,7-10H2,1H3,(H,18,25)(H,23,24). The number of aliphatic carboxylic acids is 1. The first-order valence-corrected chi connectivity index (χ1v) is 8.24. The molecule has 1 aromatic heterocycles. The predicted octanol–water partition coefficient (Wildman–Crippen LogP) is 1.52. The van der Waals surface area contributed by atoms with Crippen molar-refractivity contribution >= 4 is 12.0 Å². The Hall–Kier alpha value is -2.90. The second kappa shape index (κ2) is 7.33. The van der Waals surface area contributed by atoms with Crippen molar-refractivity contribution in [1.82, 2.24) is 25.0 Å². The topological polar surface area (TPSA) is 100 Å². The lowest BCUT2D eigenvalue weighted by molar-refractivity contribution is -0.143. The number of amides is 2. The Bertz CT molecular complexity index is 746. The summed E-state index contributed by atoms with van der Waals surface area (Å²) in [4.78, 5) is 29.4. The summed E-state index contributed by atoms with van der Waals surface area (Å²) in [6.45, 7) is 2.97. The summed E-state index contributed by atoms with van der Waals surface area (Å²) < 4.78 is 1.67. The minimum atomic E-state index is -0.854. The summed E-state index contributed by atoms with van der Waals surface area (Å²) in [6, 6.07) is 9.26. The molecule has 8 nitrogen and oxygen atoms in total. The maximum absolute atomic E-state index is 12.4. The van der Waals surface area contributed by atoms with Crippen molar-refractivity contribution in [1.29, 1.82) is 0 Å². The van der Waals surface area contributed by atoms with Gasteiger partial charge in [0.2, 0.25) is 0 Å². The zero-order valence-electron chi connectivity index (χ0n) is 14.0. The van der Waals surface area contributed by atoms with E-state index in [2.05, 4.69) is 15.4 Å². The number of aromatic nitrogens is 3. The second-order valence-electron chi connectivity index (χ2n) is 6.36. The maximum Gasteiger partial charge on any atom is 0.317 e. The summed E-state index contributed by atoms with van der Waals surface area (Å²) in [7, 11) is 0. The predicted molar refractivity (Wildman–Crippen MR) is 90.1 cm³/mol. The Morgan fingerprint density at radius 2 is 2.04 bits per heavy atom. The molecule has 25 heavy (non-hydrogen) atoms. The number of rotatable bonds is 4. The first-order chi connectivity index (χ1) is 12.0. The third-order valence-electron chi connectivity index (χ3n) is 4.31. The smallest absolute Gasteiger partial charge is 0.317 e. The normalized spacial score (nSPS) is 20.3. The van der Waals surface area contributed by atoms with Crippen LogP contribution in [0.15, 0.2) is 36.7 Å². The van der Waals surface area contributed by atoms with Gasteiger partial charge in [-0.1, -0.05) is 25.1 Å². The number of nitrogens with one attached hydrogen (secondary N) is 1. The van der Waals surface area contributed by atoms with Gasteiger partial charge in [0.25, 0.3) is 0 Å². The highest BCUT2D eigenvalue weighted by atomic mass is 16.4. The Morgan fingerprint density at radius 1 is 1.28 bits per heavy atom. The molecular weight excluding hydrogens is 322 g/mol. The molecule has 1 aliphatic rings. The molecule has 2 amide bonds. The Kier molecular flexibility index (Phi) is 4.97. The number of likely N-dealkylation sites (tertiary alicyclic amines) is 1. The van der Waals surface area contributed by atoms with E-state index in [-0.39, 0.29) is 25.0 Å². The molecular formula is C17H21N5O3. The molecule has 132 valence electrons. The third-order valence-corrected chi connectivity index (χ3v) is 4.31. The van der Waals surface area contributed by atoms with E-state index >= 15 is 0 Å². The third kappa shape index (κ3) is 3.96. The van der Waals surface area contributed by atoms with Crippen LogP contribution in [0, 0.1) is 11.8 Å². The molecule has 1 aliphatic heterocycles. The molecule has 0 saturated carbocycles. The van der Waals surface area contributed by atoms with Gasteiger partial charge in [-0.25, -0.2) is 14.5 Å². The van der Waals surface area contributed by atoms with Crippen LogP contribution in [-0.4, -0.2) is 49.9 Å². The Labute approximate surface area is 145 Å². The van der Waals surface area contributed by atoms with E-state index in [0.717, 1.165) is 5.69 Å². The number of nitrogens with zero attached hydrogens (tertiary/aromatic N) is 4. The number of piperidine rings is 1. The highest BCUT2D eigenvalue weighted by Crippen LogP contribution is 2.21. The average molecular weight is 343 g/mol. The van der Waals surface area contributed by atoms with Crippen molar-refractivity contribution in [2.45, 2.75) is 19.9 Å². The van der Waals surface area contributed by atoms with Crippen molar-refractivity contribution in [3.05, 3.63) is 42.5 Å². The summed E-state index contributed by atoms with van der Waals surface area (Å²) in [6.07, 6.45) is 2.04. The molecule has 1 aromatic carbocycles. The van der Waals surface area contributed by atoms with Gasteiger partial charge in [-0.05, 0) is 24.5 Å². The van der Waals surface area contributed by atoms with Gasteiger partial charge in [0, 0.05) is 13.1 Å². The van der Waals surface area contributed by atoms with E-state index in [1.54, 1.807) is 9.58 Å². The summed E-state index contributed by atoms with van der Waals surface area (Å²) in [5.74, 6) is -0.594. The van der Waals surface area contributed by atoms with Crippen molar-refractivity contribution in [2.75, 3.05) is 13.1 Å². The molecule has 1 fully saturated rings.